The Hall–Kier alpha value is -2.42. The van der Waals surface area contributed by atoms with Gasteiger partial charge in [-0.25, -0.2) is 0 Å². The van der Waals surface area contributed by atoms with E-state index >= 15 is 0 Å². The van der Waals surface area contributed by atoms with E-state index in [-0.39, 0.29) is 0 Å². The van der Waals surface area contributed by atoms with E-state index in [0.717, 1.165) is 35.4 Å². The van der Waals surface area contributed by atoms with Crippen molar-refractivity contribution in [2.75, 3.05) is 0 Å². The van der Waals surface area contributed by atoms with Crippen LogP contribution < -0.4 is 0 Å². The Morgan fingerprint density at radius 2 is 1.32 bits per heavy atom. The van der Waals surface area contributed by atoms with Crippen LogP contribution >= 0.6 is 0 Å². The highest BCUT2D eigenvalue weighted by Crippen LogP contribution is 2.34. The van der Waals surface area contributed by atoms with Crippen LogP contribution in [0.5, 0.6) is 0 Å². The topological polar surface area (TPSA) is 38.9 Å². The summed E-state index contributed by atoms with van der Waals surface area (Å²) in [7, 11) is 0. The summed E-state index contributed by atoms with van der Waals surface area (Å²) in [5, 5.41) is 8.23. The van der Waals surface area contributed by atoms with E-state index in [1.54, 1.807) is 0 Å². The first-order valence-corrected chi connectivity index (χ1v) is 9.34. The summed E-state index contributed by atoms with van der Waals surface area (Å²) in [6, 6.07) is 16.9. The standard InChI is InChI=1S/C22H26N2O/c1-3-5-11-17-13-7-9-15-19(17)21-22(25-24-23-21)20-16-10-8-14-18(20)12-6-4-2/h7-10,13-16H,3-6,11-12H2,1-2H3. The van der Waals surface area contributed by atoms with Gasteiger partial charge in [-0.2, -0.15) is 0 Å². The maximum absolute atomic E-state index is 5.62. The molecule has 0 atom stereocenters. The molecule has 0 spiro atoms. The number of aryl methyl sites for hydroxylation is 2. The third-order valence-corrected chi connectivity index (χ3v) is 4.62. The van der Waals surface area contributed by atoms with Crippen LogP contribution in [0, 0.1) is 0 Å². The van der Waals surface area contributed by atoms with Gasteiger partial charge < -0.3 is 4.52 Å². The SMILES string of the molecule is CCCCc1ccccc1-c1nnoc1-c1ccccc1CCCC. The molecular weight excluding hydrogens is 308 g/mol. The van der Waals surface area contributed by atoms with Crippen molar-refractivity contribution < 1.29 is 4.52 Å². The van der Waals surface area contributed by atoms with Gasteiger partial charge in [0.2, 0.25) is 0 Å². The Balaban J connectivity index is 2.03. The molecule has 2 aromatic carbocycles. The highest BCUT2D eigenvalue weighted by atomic mass is 16.5. The molecule has 3 rings (SSSR count). The second-order valence-electron chi connectivity index (χ2n) is 6.47. The second-order valence-corrected chi connectivity index (χ2v) is 6.47. The number of aromatic nitrogens is 2. The van der Waals surface area contributed by atoms with E-state index in [1.807, 2.05) is 0 Å². The Bertz CT molecular complexity index is 741. The summed E-state index contributed by atoms with van der Waals surface area (Å²) in [5.74, 6) is 0.788. The molecule has 3 nitrogen and oxygen atoms in total. The first-order valence-electron chi connectivity index (χ1n) is 9.34. The molecule has 1 heterocycles. The van der Waals surface area contributed by atoms with Crippen molar-refractivity contribution in [2.45, 2.75) is 52.4 Å². The van der Waals surface area contributed by atoms with Gasteiger partial charge in [-0.3, -0.25) is 0 Å². The van der Waals surface area contributed by atoms with Gasteiger partial charge in [0.1, 0.15) is 5.69 Å². The molecule has 3 heteroatoms. The van der Waals surface area contributed by atoms with Crippen LogP contribution in [0.1, 0.15) is 50.7 Å². The number of hydrogen-bond acceptors (Lipinski definition) is 3. The molecule has 0 saturated heterocycles. The van der Waals surface area contributed by atoms with Crippen molar-refractivity contribution in [3.05, 3.63) is 59.7 Å². The monoisotopic (exact) mass is 334 g/mol. The van der Waals surface area contributed by atoms with E-state index in [2.05, 4.69) is 72.7 Å². The normalized spacial score (nSPS) is 11.0. The lowest BCUT2D eigenvalue weighted by Crippen LogP contribution is -1.94. The Morgan fingerprint density at radius 1 is 0.760 bits per heavy atom. The van der Waals surface area contributed by atoms with E-state index < -0.39 is 0 Å². The maximum Gasteiger partial charge on any atom is 0.195 e. The van der Waals surface area contributed by atoms with Crippen LogP contribution in [-0.2, 0) is 12.8 Å². The fourth-order valence-corrected chi connectivity index (χ4v) is 3.21. The van der Waals surface area contributed by atoms with Crippen molar-refractivity contribution in [2.24, 2.45) is 0 Å². The lowest BCUT2D eigenvalue weighted by atomic mass is 9.94. The minimum atomic E-state index is 0.788. The van der Waals surface area contributed by atoms with Crippen LogP contribution in [0.3, 0.4) is 0 Å². The van der Waals surface area contributed by atoms with Crippen LogP contribution in [0.15, 0.2) is 53.1 Å². The average molecular weight is 334 g/mol. The molecule has 1 aromatic heterocycles. The van der Waals surface area contributed by atoms with E-state index in [9.17, 15) is 0 Å². The van der Waals surface area contributed by atoms with Crippen molar-refractivity contribution >= 4 is 0 Å². The smallest absolute Gasteiger partial charge is 0.195 e. The summed E-state index contributed by atoms with van der Waals surface area (Å²) >= 11 is 0. The van der Waals surface area contributed by atoms with Crippen molar-refractivity contribution in [1.82, 2.24) is 10.4 Å². The molecule has 25 heavy (non-hydrogen) atoms. The van der Waals surface area contributed by atoms with Crippen molar-refractivity contribution in [1.29, 1.82) is 0 Å². The summed E-state index contributed by atoms with van der Waals surface area (Å²) in [4.78, 5) is 0. The Labute approximate surface area is 150 Å². The number of benzene rings is 2. The average Bonchev–Trinajstić information content (AvgIpc) is 3.14. The number of nitrogens with zero attached hydrogens (tertiary/aromatic N) is 2. The summed E-state index contributed by atoms with van der Waals surface area (Å²) in [5.41, 5.74) is 5.72. The molecule has 0 bridgehead atoms. The highest BCUT2D eigenvalue weighted by molar-refractivity contribution is 5.79. The lowest BCUT2D eigenvalue weighted by Gasteiger charge is -2.10. The van der Waals surface area contributed by atoms with E-state index in [4.69, 9.17) is 4.52 Å². The van der Waals surface area contributed by atoms with Crippen molar-refractivity contribution in [3.63, 3.8) is 0 Å². The molecule has 0 fully saturated rings. The van der Waals surface area contributed by atoms with Gasteiger partial charge >= 0.3 is 0 Å². The first-order chi connectivity index (χ1) is 12.3. The molecule has 3 aromatic rings. The quantitative estimate of drug-likeness (QED) is 0.500. The van der Waals surface area contributed by atoms with Gasteiger partial charge in [0.25, 0.3) is 0 Å². The number of rotatable bonds is 8. The zero-order valence-electron chi connectivity index (χ0n) is 15.2. The molecular formula is C22H26N2O. The minimum Gasteiger partial charge on any atom is -0.336 e. The van der Waals surface area contributed by atoms with Gasteiger partial charge in [0.05, 0.1) is 0 Å². The molecule has 130 valence electrons. The molecule has 0 saturated carbocycles. The lowest BCUT2D eigenvalue weighted by molar-refractivity contribution is 0.403. The predicted octanol–water partition coefficient (Wildman–Crippen LogP) is 6.09. The van der Waals surface area contributed by atoms with Gasteiger partial charge in [-0.1, -0.05) is 75.2 Å². The molecule has 0 amide bonds. The second kappa shape index (κ2) is 8.61. The Kier molecular flexibility index (Phi) is 5.99. The van der Waals surface area contributed by atoms with E-state index in [1.165, 1.54) is 36.8 Å². The highest BCUT2D eigenvalue weighted by Gasteiger charge is 2.19. The molecule has 0 N–H and O–H groups in total. The van der Waals surface area contributed by atoms with Gasteiger partial charge in [0.15, 0.2) is 5.76 Å². The zero-order valence-corrected chi connectivity index (χ0v) is 15.2. The van der Waals surface area contributed by atoms with Crippen LogP contribution in [-0.4, -0.2) is 10.4 Å². The maximum atomic E-state index is 5.62. The van der Waals surface area contributed by atoms with Crippen LogP contribution in [0.4, 0.5) is 0 Å². The van der Waals surface area contributed by atoms with Crippen LogP contribution in [0.2, 0.25) is 0 Å². The molecule has 0 unspecified atom stereocenters. The first kappa shape index (κ1) is 17.4. The minimum absolute atomic E-state index is 0.788. The third kappa shape index (κ3) is 3.98. The molecule has 0 aliphatic carbocycles. The molecule has 0 aliphatic heterocycles. The fourth-order valence-electron chi connectivity index (χ4n) is 3.21. The summed E-state index contributed by atoms with van der Waals surface area (Å²) < 4.78 is 5.62. The van der Waals surface area contributed by atoms with Gasteiger partial charge in [-0.15, -0.1) is 5.10 Å². The largest absolute Gasteiger partial charge is 0.336 e. The van der Waals surface area contributed by atoms with Gasteiger partial charge in [-0.05, 0) is 36.8 Å². The predicted molar refractivity (Wildman–Crippen MR) is 102 cm³/mol. The Morgan fingerprint density at radius 3 is 1.96 bits per heavy atom. The number of unbranched alkanes of at least 4 members (excludes halogenated alkanes) is 2. The summed E-state index contributed by atoms with van der Waals surface area (Å²) in [6.45, 7) is 4.43. The summed E-state index contributed by atoms with van der Waals surface area (Å²) in [6.07, 6.45) is 6.79. The third-order valence-electron chi connectivity index (χ3n) is 4.62. The van der Waals surface area contributed by atoms with Crippen molar-refractivity contribution in [3.8, 4) is 22.6 Å². The van der Waals surface area contributed by atoms with Gasteiger partial charge in [0, 0.05) is 16.4 Å². The van der Waals surface area contributed by atoms with E-state index in [0.29, 0.717) is 0 Å². The number of hydrogen-bond donors (Lipinski definition) is 0. The van der Waals surface area contributed by atoms with Crippen LogP contribution in [0.25, 0.3) is 22.6 Å². The zero-order chi connectivity index (χ0) is 17.5. The molecule has 0 radical (unpaired) electrons. The fraction of sp³-hybridized carbons (Fsp3) is 0.364. The molecule has 0 aliphatic rings.